The molecule has 1 heterocycles. The Morgan fingerprint density at radius 3 is 2.48 bits per heavy atom. The van der Waals surface area contributed by atoms with Gasteiger partial charge < -0.3 is 10.0 Å². The van der Waals surface area contributed by atoms with Gasteiger partial charge in [-0.25, -0.2) is 13.2 Å². The summed E-state index contributed by atoms with van der Waals surface area (Å²) in [6.45, 7) is 3.39. The number of hydrogen-bond donors (Lipinski definition) is 1. The van der Waals surface area contributed by atoms with Crippen molar-refractivity contribution in [3.8, 4) is 0 Å². The van der Waals surface area contributed by atoms with Crippen LogP contribution < -0.4 is 4.90 Å². The van der Waals surface area contributed by atoms with E-state index in [4.69, 9.17) is 11.6 Å². The van der Waals surface area contributed by atoms with Gasteiger partial charge in [0.25, 0.3) is 0 Å². The lowest BCUT2D eigenvalue weighted by molar-refractivity contribution is -0.255. The lowest BCUT2D eigenvalue weighted by Gasteiger charge is -2.31. The van der Waals surface area contributed by atoms with Gasteiger partial charge in [0.05, 0.1) is 5.02 Å². The van der Waals surface area contributed by atoms with Crippen molar-refractivity contribution < 1.29 is 31.4 Å². The third kappa shape index (κ3) is 4.41. The summed E-state index contributed by atoms with van der Waals surface area (Å²) in [5, 5.41) is 9.87. The van der Waals surface area contributed by atoms with Gasteiger partial charge in [-0.1, -0.05) is 30.3 Å². The molecule has 0 saturated carbocycles. The molecule has 0 spiro atoms. The van der Waals surface area contributed by atoms with Crippen molar-refractivity contribution in [2.45, 2.75) is 37.5 Å². The first-order valence-corrected chi connectivity index (χ1v) is 9.99. The van der Waals surface area contributed by atoms with Crippen molar-refractivity contribution in [1.82, 2.24) is 0 Å². The number of hydrogen-bond acceptors (Lipinski definition) is 2. The van der Waals surface area contributed by atoms with E-state index in [0.717, 1.165) is 24.3 Å². The van der Waals surface area contributed by atoms with Gasteiger partial charge in [0.15, 0.2) is 0 Å². The summed E-state index contributed by atoms with van der Waals surface area (Å²) in [5.74, 6) is -3.50. The third-order valence-corrected chi connectivity index (χ3v) is 5.83. The maximum atomic E-state index is 14.2. The zero-order chi connectivity index (χ0) is 23.0. The molecule has 2 aromatic carbocycles. The molecule has 1 unspecified atom stereocenters. The van der Waals surface area contributed by atoms with E-state index in [0.29, 0.717) is 37.1 Å². The molecule has 1 atom stereocenters. The fraction of sp³-hybridized carbons (Fsp3) is 0.364. The topological polar surface area (TPSA) is 23.5 Å². The van der Waals surface area contributed by atoms with E-state index < -0.39 is 34.8 Å². The molecule has 2 nitrogen and oxygen atoms in total. The van der Waals surface area contributed by atoms with Gasteiger partial charge in [-0.2, -0.15) is 13.2 Å². The zero-order valence-corrected chi connectivity index (χ0v) is 17.1. The van der Waals surface area contributed by atoms with Crippen molar-refractivity contribution in [3.63, 3.8) is 0 Å². The average Bonchev–Trinajstić information content (AvgIpc) is 2.91. The maximum Gasteiger partial charge on any atom is 0.428 e. The predicted octanol–water partition coefficient (Wildman–Crippen LogP) is 6.24. The zero-order valence-electron chi connectivity index (χ0n) is 16.4. The van der Waals surface area contributed by atoms with Gasteiger partial charge in [0.1, 0.15) is 17.5 Å². The van der Waals surface area contributed by atoms with E-state index >= 15 is 0 Å². The van der Waals surface area contributed by atoms with E-state index in [1.54, 1.807) is 0 Å². The second-order valence-electron chi connectivity index (χ2n) is 7.47. The van der Waals surface area contributed by atoms with Crippen molar-refractivity contribution in [2.24, 2.45) is 0 Å². The largest absolute Gasteiger partial charge is 0.428 e. The average molecular weight is 464 g/mol. The van der Waals surface area contributed by atoms with Gasteiger partial charge >= 0.3 is 6.18 Å². The van der Waals surface area contributed by atoms with Crippen molar-refractivity contribution in [2.75, 3.05) is 18.0 Å². The maximum absolute atomic E-state index is 14.2. The standard InChI is InChI=1S/C22H20ClF6NO/c1-13(24)21(31,22(27,28)29)15-5-8-19-14(12-15)4-2-3-10-30(19)11-9-16-18(25)7-6-17(23)20(16)26/h5-8,12,31H,1-4,9-11H2. The summed E-state index contributed by atoms with van der Waals surface area (Å²) in [4.78, 5) is 1.81. The molecule has 0 fully saturated rings. The molecule has 1 aliphatic heterocycles. The molecule has 31 heavy (non-hydrogen) atoms. The molecule has 0 bridgehead atoms. The van der Waals surface area contributed by atoms with Crippen LogP contribution in [0.2, 0.25) is 5.02 Å². The van der Waals surface area contributed by atoms with Crippen molar-refractivity contribution in [3.05, 3.63) is 76.1 Å². The number of anilines is 1. The first-order chi connectivity index (χ1) is 14.5. The summed E-state index contributed by atoms with van der Waals surface area (Å²) in [5.41, 5.74) is -3.61. The smallest absolute Gasteiger partial charge is 0.371 e. The van der Waals surface area contributed by atoms with Crippen LogP contribution in [0.15, 0.2) is 42.7 Å². The molecule has 0 radical (unpaired) electrons. The number of alkyl halides is 3. The number of halogens is 7. The van der Waals surface area contributed by atoms with E-state index in [1.807, 2.05) is 4.90 Å². The minimum atomic E-state index is -5.29. The van der Waals surface area contributed by atoms with E-state index in [-0.39, 0.29) is 23.6 Å². The molecule has 2 aromatic rings. The third-order valence-electron chi connectivity index (χ3n) is 5.54. The van der Waals surface area contributed by atoms with Gasteiger partial charge in [-0.05, 0) is 49.4 Å². The minimum Gasteiger partial charge on any atom is -0.371 e. The van der Waals surface area contributed by atoms with Crippen LogP contribution in [0.4, 0.5) is 32.0 Å². The van der Waals surface area contributed by atoms with Gasteiger partial charge in [-0.15, -0.1) is 0 Å². The summed E-state index contributed by atoms with van der Waals surface area (Å²) in [7, 11) is 0. The SMILES string of the molecule is C=C(F)C(O)(c1ccc2c(c1)CCCCN2CCc1c(F)ccc(Cl)c1F)C(F)(F)F. The minimum absolute atomic E-state index is 0.00675. The van der Waals surface area contributed by atoms with E-state index in [1.165, 1.54) is 6.07 Å². The molecular formula is C22H20ClF6NO. The molecule has 0 aliphatic carbocycles. The number of benzene rings is 2. The van der Waals surface area contributed by atoms with Gasteiger partial charge in [-0.3, -0.25) is 0 Å². The monoisotopic (exact) mass is 463 g/mol. The molecule has 1 aliphatic rings. The highest BCUT2D eigenvalue weighted by Gasteiger charge is 2.58. The summed E-state index contributed by atoms with van der Waals surface area (Å²) in [6.07, 6.45) is -3.55. The lowest BCUT2D eigenvalue weighted by Crippen LogP contribution is -2.43. The van der Waals surface area contributed by atoms with Crippen LogP contribution in [0.5, 0.6) is 0 Å². The van der Waals surface area contributed by atoms with Crippen LogP contribution in [0.1, 0.15) is 29.5 Å². The predicted molar refractivity (Wildman–Crippen MR) is 107 cm³/mol. The lowest BCUT2D eigenvalue weighted by atomic mass is 9.89. The number of rotatable bonds is 5. The summed E-state index contributed by atoms with van der Waals surface area (Å²) < 4.78 is 82.1. The van der Waals surface area contributed by atoms with Crippen molar-refractivity contribution in [1.29, 1.82) is 0 Å². The molecule has 0 aromatic heterocycles. The Balaban J connectivity index is 1.93. The molecule has 168 valence electrons. The molecular weight excluding hydrogens is 444 g/mol. The molecule has 1 N–H and O–H groups in total. The van der Waals surface area contributed by atoms with Crippen LogP contribution in [-0.4, -0.2) is 24.4 Å². The van der Waals surface area contributed by atoms with Crippen LogP contribution in [0.25, 0.3) is 0 Å². The number of fused-ring (bicyclic) bond motifs is 1. The van der Waals surface area contributed by atoms with E-state index in [9.17, 15) is 31.4 Å². The molecule has 9 heteroatoms. The number of aryl methyl sites for hydroxylation is 1. The summed E-state index contributed by atoms with van der Waals surface area (Å²) in [6, 6.07) is 5.67. The highest BCUT2D eigenvalue weighted by molar-refractivity contribution is 6.30. The number of nitrogens with zero attached hydrogens (tertiary/aromatic N) is 1. The Morgan fingerprint density at radius 1 is 1.13 bits per heavy atom. The second-order valence-corrected chi connectivity index (χ2v) is 7.88. The molecule has 0 amide bonds. The van der Waals surface area contributed by atoms with Crippen LogP contribution in [0.3, 0.4) is 0 Å². The Kier molecular flexibility index (Phi) is 6.62. The quantitative estimate of drug-likeness (QED) is 0.419. The fourth-order valence-corrected chi connectivity index (χ4v) is 3.99. The fourth-order valence-electron chi connectivity index (χ4n) is 3.81. The van der Waals surface area contributed by atoms with Crippen molar-refractivity contribution >= 4 is 17.3 Å². The Labute approximate surface area is 180 Å². The Bertz CT molecular complexity index is 993. The second kappa shape index (κ2) is 8.74. The first-order valence-electron chi connectivity index (χ1n) is 9.61. The highest BCUT2D eigenvalue weighted by atomic mass is 35.5. The van der Waals surface area contributed by atoms with Crippen LogP contribution in [0, 0.1) is 11.6 Å². The van der Waals surface area contributed by atoms with Gasteiger partial charge in [0, 0.05) is 29.9 Å². The van der Waals surface area contributed by atoms with Crippen LogP contribution in [-0.2, 0) is 18.4 Å². The Hall–Kier alpha value is -2.19. The molecule has 0 saturated heterocycles. The van der Waals surface area contributed by atoms with E-state index in [2.05, 4.69) is 6.58 Å². The van der Waals surface area contributed by atoms with Crippen LogP contribution >= 0.6 is 11.6 Å². The number of aliphatic hydroxyl groups is 1. The normalized spacial score (nSPS) is 16.5. The summed E-state index contributed by atoms with van der Waals surface area (Å²) >= 11 is 5.73. The van der Waals surface area contributed by atoms with Gasteiger partial charge in [0.2, 0.25) is 5.60 Å². The Morgan fingerprint density at radius 2 is 1.84 bits per heavy atom. The first kappa shape index (κ1) is 23.5. The molecule has 3 rings (SSSR count). The highest BCUT2D eigenvalue weighted by Crippen LogP contribution is 2.45.